The molecule has 0 amide bonds. The lowest BCUT2D eigenvalue weighted by Crippen LogP contribution is -2.26. The first-order chi connectivity index (χ1) is 14.6. The summed E-state index contributed by atoms with van der Waals surface area (Å²) < 4.78 is 0. The molecule has 2 heteroatoms. The first kappa shape index (κ1) is 19.7. The van der Waals surface area contributed by atoms with E-state index in [1.807, 2.05) is 60.7 Å². The van der Waals surface area contributed by atoms with Gasteiger partial charge in [0.25, 0.3) is 0 Å². The van der Waals surface area contributed by atoms with Crippen LogP contribution >= 0.6 is 0 Å². The van der Waals surface area contributed by atoms with Gasteiger partial charge >= 0.3 is 0 Å². The topological polar surface area (TPSA) is 32.6 Å². The quantitative estimate of drug-likeness (QED) is 0.307. The number of hydrogen-bond donors (Lipinski definition) is 1. The van der Waals surface area contributed by atoms with Gasteiger partial charge < -0.3 is 5.11 Å². The number of benzene rings is 4. The minimum atomic E-state index is -0.534. The van der Waals surface area contributed by atoms with E-state index >= 15 is 0 Å². The molecule has 0 heterocycles. The molecule has 0 aromatic heterocycles. The molecule has 0 aliphatic heterocycles. The molecule has 0 radical (unpaired) electrons. The van der Waals surface area contributed by atoms with Crippen LogP contribution in [0.25, 0.3) is 11.1 Å². The molecule has 0 unspecified atom stereocenters. The predicted molar refractivity (Wildman–Crippen MR) is 126 cm³/mol. The third-order valence-corrected chi connectivity index (χ3v) is 5.76. The summed E-state index contributed by atoms with van der Waals surface area (Å²) in [6, 6.07) is 35.1. The maximum Gasteiger partial charge on any atom is 0.128 e. The number of nitrogens with zero attached hydrogens (tertiary/aromatic N) is 1. The Labute approximate surface area is 178 Å². The fourth-order valence-electron chi connectivity index (χ4n) is 4.09. The Kier molecular flexibility index (Phi) is 5.49. The van der Waals surface area contributed by atoms with E-state index in [2.05, 4.69) is 54.4 Å². The molecule has 0 saturated carbocycles. The Morgan fingerprint density at radius 1 is 0.700 bits per heavy atom. The minimum Gasteiger partial charge on any atom is -0.507 e. The monoisotopic (exact) mass is 391 g/mol. The van der Waals surface area contributed by atoms with Crippen LogP contribution in [-0.4, -0.2) is 18.4 Å². The van der Waals surface area contributed by atoms with Crippen LogP contribution in [0.5, 0.6) is 5.75 Å². The van der Waals surface area contributed by atoms with E-state index in [1.54, 1.807) is 13.3 Å². The van der Waals surface area contributed by atoms with Gasteiger partial charge in [-0.3, -0.25) is 4.99 Å². The number of phenols is 1. The Hall–Kier alpha value is -3.65. The molecular weight excluding hydrogens is 366 g/mol. The van der Waals surface area contributed by atoms with Crippen molar-refractivity contribution in [1.82, 2.24) is 0 Å². The molecule has 4 aromatic rings. The highest BCUT2D eigenvalue weighted by Gasteiger charge is 2.34. The van der Waals surface area contributed by atoms with Crippen LogP contribution in [0.1, 0.15) is 29.2 Å². The molecule has 0 fully saturated rings. The zero-order chi connectivity index (χ0) is 21.0. The lowest BCUT2D eigenvalue weighted by molar-refractivity contribution is 0.457. The molecule has 1 N–H and O–H groups in total. The van der Waals surface area contributed by atoms with E-state index < -0.39 is 5.41 Å². The first-order valence-electron chi connectivity index (χ1n) is 10.1. The van der Waals surface area contributed by atoms with E-state index in [4.69, 9.17) is 0 Å². The summed E-state index contributed by atoms with van der Waals surface area (Å²) in [6.07, 6.45) is 1.72. The van der Waals surface area contributed by atoms with Crippen molar-refractivity contribution < 1.29 is 5.11 Å². The van der Waals surface area contributed by atoms with Crippen molar-refractivity contribution in [3.05, 3.63) is 125 Å². The molecule has 2 nitrogen and oxygen atoms in total. The van der Waals surface area contributed by atoms with E-state index in [-0.39, 0.29) is 5.75 Å². The van der Waals surface area contributed by atoms with Crippen LogP contribution in [0, 0.1) is 0 Å². The van der Waals surface area contributed by atoms with Crippen LogP contribution in [0.15, 0.2) is 108 Å². The van der Waals surface area contributed by atoms with Crippen molar-refractivity contribution in [2.75, 3.05) is 7.05 Å². The SMILES string of the molecule is CN=Cc1cc(-c2ccccc2)cc(C(C)(c2ccccc2)c2ccccc2)c1O. The average Bonchev–Trinajstić information content (AvgIpc) is 2.82. The first-order valence-corrected chi connectivity index (χ1v) is 10.1. The Bertz CT molecular complexity index is 1110. The highest BCUT2D eigenvalue weighted by molar-refractivity contribution is 5.88. The fourth-order valence-corrected chi connectivity index (χ4v) is 4.09. The molecule has 0 bridgehead atoms. The Balaban J connectivity index is 2.05. The highest BCUT2D eigenvalue weighted by atomic mass is 16.3. The molecular formula is C28H25NO. The van der Waals surface area contributed by atoms with E-state index in [0.29, 0.717) is 5.56 Å². The lowest BCUT2D eigenvalue weighted by atomic mass is 9.70. The lowest BCUT2D eigenvalue weighted by Gasteiger charge is -2.33. The Morgan fingerprint density at radius 3 is 1.70 bits per heavy atom. The molecule has 4 rings (SSSR count). The second-order valence-electron chi connectivity index (χ2n) is 7.57. The van der Waals surface area contributed by atoms with E-state index in [9.17, 15) is 5.11 Å². The van der Waals surface area contributed by atoms with Crippen LogP contribution in [0.3, 0.4) is 0 Å². The molecule has 4 aromatic carbocycles. The normalized spacial score (nSPS) is 11.7. The van der Waals surface area contributed by atoms with E-state index in [1.165, 1.54) is 0 Å². The van der Waals surface area contributed by atoms with Gasteiger partial charge in [0.05, 0.1) is 0 Å². The summed E-state index contributed by atoms with van der Waals surface area (Å²) in [7, 11) is 1.72. The second kappa shape index (κ2) is 8.38. The maximum atomic E-state index is 11.4. The van der Waals surface area contributed by atoms with Crippen molar-refractivity contribution in [2.24, 2.45) is 4.99 Å². The average molecular weight is 392 g/mol. The predicted octanol–water partition coefficient (Wildman–Crippen LogP) is 6.46. The van der Waals surface area contributed by atoms with Crippen LogP contribution < -0.4 is 0 Å². The molecule has 0 atom stereocenters. The van der Waals surface area contributed by atoms with Crippen LogP contribution in [0.4, 0.5) is 0 Å². The van der Waals surface area contributed by atoms with Crippen molar-refractivity contribution in [2.45, 2.75) is 12.3 Å². The summed E-state index contributed by atoms with van der Waals surface area (Å²) in [4.78, 5) is 4.19. The molecule has 0 aliphatic rings. The molecule has 148 valence electrons. The number of aliphatic imine (C=N–C) groups is 1. The third-order valence-electron chi connectivity index (χ3n) is 5.76. The summed E-state index contributed by atoms with van der Waals surface area (Å²) in [5.74, 6) is 0.260. The van der Waals surface area contributed by atoms with Gasteiger partial charge in [0.1, 0.15) is 5.75 Å². The second-order valence-corrected chi connectivity index (χ2v) is 7.57. The van der Waals surface area contributed by atoms with Crippen molar-refractivity contribution >= 4 is 6.21 Å². The summed E-state index contributed by atoms with van der Waals surface area (Å²) >= 11 is 0. The number of hydrogen-bond acceptors (Lipinski definition) is 2. The maximum absolute atomic E-state index is 11.4. The van der Waals surface area contributed by atoms with Gasteiger partial charge in [-0.2, -0.15) is 0 Å². The summed E-state index contributed by atoms with van der Waals surface area (Å²) in [5.41, 5.74) is 5.44. The smallest absolute Gasteiger partial charge is 0.128 e. The Morgan fingerprint density at radius 2 is 1.20 bits per heavy atom. The zero-order valence-electron chi connectivity index (χ0n) is 17.3. The number of rotatable bonds is 5. The molecule has 30 heavy (non-hydrogen) atoms. The largest absolute Gasteiger partial charge is 0.507 e. The summed E-state index contributed by atoms with van der Waals surface area (Å²) in [6.45, 7) is 2.17. The fraction of sp³-hybridized carbons (Fsp3) is 0.107. The molecule has 0 spiro atoms. The van der Waals surface area contributed by atoms with Gasteiger partial charge in [0, 0.05) is 29.8 Å². The minimum absolute atomic E-state index is 0.260. The van der Waals surface area contributed by atoms with Gasteiger partial charge in [-0.1, -0.05) is 91.0 Å². The van der Waals surface area contributed by atoms with Crippen molar-refractivity contribution in [3.8, 4) is 16.9 Å². The highest BCUT2D eigenvalue weighted by Crippen LogP contribution is 2.45. The molecule has 0 saturated heterocycles. The third kappa shape index (κ3) is 3.53. The zero-order valence-corrected chi connectivity index (χ0v) is 17.3. The summed E-state index contributed by atoms with van der Waals surface area (Å²) in [5, 5.41) is 11.4. The number of phenolic OH excluding ortho intramolecular Hbond substituents is 1. The molecule has 0 aliphatic carbocycles. The van der Waals surface area contributed by atoms with Gasteiger partial charge in [0.15, 0.2) is 0 Å². The van der Waals surface area contributed by atoms with E-state index in [0.717, 1.165) is 27.8 Å². The van der Waals surface area contributed by atoms with Crippen LogP contribution in [0.2, 0.25) is 0 Å². The van der Waals surface area contributed by atoms with Crippen molar-refractivity contribution in [1.29, 1.82) is 0 Å². The van der Waals surface area contributed by atoms with Gasteiger partial charge in [-0.05, 0) is 41.3 Å². The number of aromatic hydroxyl groups is 1. The van der Waals surface area contributed by atoms with Gasteiger partial charge in [0.2, 0.25) is 0 Å². The standard InChI is InChI=1S/C28H25NO/c1-28(24-14-8-4-9-15-24,25-16-10-5-11-17-25)26-19-22(21-12-6-3-7-13-21)18-23(20-29-2)27(26)30/h3-20,30H,1-2H3. The van der Waals surface area contributed by atoms with Gasteiger partial charge in [-0.25, -0.2) is 0 Å². The van der Waals surface area contributed by atoms with Crippen LogP contribution in [-0.2, 0) is 5.41 Å². The van der Waals surface area contributed by atoms with Crippen molar-refractivity contribution in [3.63, 3.8) is 0 Å². The van der Waals surface area contributed by atoms with Gasteiger partial charge in [-0.15, -0.1) is 0 Å².